The molecule has 4 aromatic rings. The predicted octanol–water partition coefficient (Wildman–Crippen LogP) is 10.5. The number of allylic oxidation sites excluding steroid dienone is 4. The van der Waals surface area contributed by atoms with Crippen LogP contribution in [-0.2, 0) is 60.7 Å². The van der Waals surface area contributed by atoms with Gasteiger partial charge in [-0.25, -0.2) is 10.9 Å². The number of nitrogens with one attached hydrogen (secondary N) is 4. The average molecular weight is 1280 g/mol. The number of esters is 2. The van der Waals surface area contributed by atoms with Crippen molar-refractivity contribution in [1.82, 2.24) is 41.5 Å². The minimum atomic E-state index is -1.72. The number of carbonyl (C=O) groups excluding carboxylic acids is 8. The van der Waals surface area contributed by atoms with Gasteiger partial charge in [-0.2, -0.15) is 0 Å². The lowest BCUT2D eigenvalue weighted by Gasteiger charge is -2.35. The second kappa shape index (κ2) is 36.3. The third-order valence-electron chi connectivity index (χ3n) is 15.2. The zero-order chi connectivity index (χ0) is 65.4. The van der Waals surface area contributed by atoms with Crippen molar-refractivity contribution in [2.24, 2.45) is 23.7 Å². The van der Waals surface area contributed by atoms with Gasteiger partial charge in [0.25, 0.3) is 11.8 Å². The van der Waals surface area contributed by atoms with Crippen LogP contribution in [0.5, 0.6) is 0 Å². The van der Waals surface area contributed by atoms with E-state index in [0.717, 1.165) is 56.9 Å². The fourth-order valence-electron chi connectivity index (χ4n) is 9.77. The van der Waals surface area contributed by atoms with Gasteiger partial charge in [0, 0.05) is 85.2 Å². The first-order valence-electron chi connectivity index (χ1n) is 30.5. The summed E-state index contributed by atoms with van der Waals surface area (Å²) in [6.45, 7) is 22.5. The lowest BCUT2D eigenvalue weighted by atomic mass is 9.89. The zero-order valence-electron chi connectivity index (χ0n) is 53.0. The number of Topliss-reactive ketones (excluding diaryl/α,β-unsaturated/α-hetero) is 2. The highest BCUT2D eigenvalue weighted by Gasteiger charge is 2.36. The summed E-state index contributed by atoms with van der Waals surface area (Å²) in [4.78, 5) is 110. The van der Waals surface area contributed by atoms with E-state index in [9.17, 15) is 43.5 Å². The number of carbonyl (C=O) groups is 8. The summed E-state index contributed by atoms with van der Waals surface area (Å²) in [7, 11) is 0. The summed E-state index contributed by atoms with van der Waals surface area (Å²) in [6, 6.07) is 12.9. The Morgan fingerprint density at radius 3 is 1.45 bits per heavy atom. The molecule has 2 aliphatic heterocycles. The predicted molar refractivity (Wildman–Crippen MR) is 344 cm³/mol. The van der Waals surface area contributed by atoms with E-state index in [-0.39, 0.29) is 66.8 Å². The van der Waals surface area contributed by atoms with Gasteiger partial charge in [-0.1, -0.05) is 125 Å². The van der Waals surface area contributed by atoms with Gasteiger partial charge in [0.2, 0.25) is 15.6 Å². The van der Waals surface area contributed by atoms with Gasteiger partial charge in [0.05, 0.1) is 6.10 Å². The third kappa shape index (κ3) is 23.9. The Labute approximate surface area is 533 Å². The van der Waals surface area contributed by atoms with Gasteiger partial charge in [0.15, 0.2) is 0 Å². The van der Waals surface area contributed by atoms with Crippen molar-refractivity contribution in [2.45, 2.75) is 187 Å². The van der Waals surface area contributed by atoms with Crippen LogP contribution in [0.1, 0.15) is 169 Å². The summed E-state index contributed by atoms with van der Waals surface area (Å²) in [5.74, 6) is -3.75. The number of aryl methyl sites for hydroxylation is 2. The quantitative estimate of drug-likeness (QED) is 0.0248. The number of aliphatic hydroxyl groups excluding tert-OH is 1. The van der Waals surface area contributed by atoms with Crippen molar-refractivity contribution in [2.75, 3.05) is 19.7 Å². The molecule has 0 bridgehead atoms. The Balaban J connectivity index is 0.000000310. The van der Waals surface area contributed by atoms with E-state index in [1.54, 1.807) is 39.0 Å². The third-order valence-corrected chi connectivity index (χ3v) is 15.6. The highest BCUT2D eigenvalue weighted by Crippen LogP contribution is 2.28. The SMILES string of the molecule is C/C=C/CC(=O)C[C@H](C(=O)N[C@@H](C)C(=O)N1CCC[C@@H](C(=O)OCC(Cl)(Cl)Cl)N1)C(C)C.C/C=C/CC(=O)C[C@H](C(=O)N[C@@H](C)C(=O)N1CCC[C@@H](C(=O)O[C@H](C)c2ccc3cnc(CC)cc3c2)N1)C(C)C.CCc1cc2cc([C@@H](C)O)ccc2cn1. The first-order valence-corrected chi connectivity index (χ1v) is 31.6. The number of nitrogens with zero attached hydrogens (tertiary/aromatic N) is 4. The fraction of sp³-hybridized carbons (Fsp3) is 0.545. The topological polar surface area (TPSA) is 256 Å². The summed E-state index contributed by atoms with van der Waals surface area (Å²) < 4.78 is 9.05. The fourth-order valence-corrected chi connectivity index (χ4v) is 9.93. The van der Waals surface area contributed by atoms with E-state index in [2.05, 4.69) is 51.4 Å². The minimum Gasteiger partial charge on any atom is -0.460 e. The zero-order valence-corrected chi connectivity index (χ0v) is 55.3. The Morgan fingerprint density at radius 1 is 0.636 bits per heavy atom. The van der Waals surface area contributed by atoms with E-state index in [1.807, 2.05) is 109 Å². The van der Waals surface area contributed by atoms with Crippen molar-refractivity contribution in [3.8, 4) is 0 Å². The second-order valence-electron chi connectivity index (χ2n) is 23.1. The molecule has 2 fully saturated rings. The van der Waals surface area contributed by atoms with Gasteiger partial charge in [-0.3, -0.25) is 58.3 Å². The Morgan fingerprint density at radius 2 is 1.06 bits per heavy atom. The van der Waals surface area contributed by atoms with Crippen LogP contribution in [0.4, 0.5) is 0 Å². The number of ether oxygens (including phenoxy) is 2. The van der Waals surface area contributed by atoms with Crippen LogP contribution in [0.15, 0.2) is 85.2 Å². The number of hydrazine groups is 2. The summed E-state index contributed by atoms with van der Waals surface area (Å²) in [5.41, 5.74) is 9.74. The normalized spacial score (nSPS) is 17.4. The molecule has 2 aliphatic rings. The number of fused-ring (bicyclic) bond motifs is 2. The number of hydrogen-bond acceptors (Lipinski definition) is 15. The first-order chi connectivity index (χ1) is 41.6. The maximum atomic E-state index is 13.2. The molecule has 0 radical (unpaired) electrons. The number of halogens is 3. The highest BCUT2D eigenvalue weighted by atomic mass is 35.6. The molecule has 5 N–H and O–H groups in total. The minimum absolute atomic E-state index is 0.0179. The van der Waals surface area contributed by atoms with Crippen LogP contribution in [0.25, 0.3) is 21.5 Å². The van der Waals surface area contributed by atoms with E-state index in [1.165, 1.54) is 10.0 Å². The van der Waals surface area contributed by atoms with Crippen LogP contribution in [0.2, 0.25) is 0 Å². The number of hydrogen-bond donors (Lipinski definition) is 5. The van der Waals surface area contributed by atoms with Crippen molar-refractivity contribution in [3.63, 3.8) is 0 Å². The van der Waals surface area contributed by atoms with Gasteiger partial charge in [-0.15, -0.1) is 0 Å². The molecule has 2 saturated heterocycles. The van der Waals surface area contributed by atoms with E-state index in [4.69, 9.17) is 44.3 Å². The molecule has 2 aromatic carbocycles. The number of ketones is 2. The van der Waals surface area contributed by atoms with Crippen LogP contribution >= 0.6 is 34.8 Å². The molecular formula is C66H91Cl3N8O11. The van der Waals surface area contributed by atoms with Crippen LogP contribution in [0, 0.1) is 23.7 Å². The molecule has 0 saturated carbocycles. The van der Waals surface area contributed by atoms with Crippen molar-refractivity contribution < 1.29 is 52.9 Å². The van der Waals surface area contributed by atoms with E-state index < -0.39 is 76.5 Å². The Hall–Kier alpha value is -6.35. The highest BCUT2D eigenvalue weighted by molar-refractivity contribution is 6.67. The van der Waals surface area contributed by atoms with Crippen molar-refractivity contribution in [1.29, 1.82) is 0 Å². The molecule has 0 aliphatic carbocycles. The van der Waals surface area contributed by atoms with Gasteiger partial charge >= 0.3 is 11.9 Å². The molecule has 19 nitrogen and oxygen atoms in total. The number of alkyl halides is 3. The standard InChI is InChI=1S/C32H44N4O5.C21H32Cl3N3O5.C13H15NO/c1-7-9-11-27(37)18-28(20(3)4)30(38)34-21(5)31(39)36-15-10-12-29(35-36)32(40)41-22(6)23-13-14-24-19-33-26(8-2)17-25(24)16-23;1-5-6-8-15(28)11-16(13(2)3)18(29)25-14(4)19(30)27-10-7-9-17(26-27)20(31)32-12-21(22,23)24;1-3-13-7-12-6-10(9(2)15)4-5-11(12)8-14-13/h7,9,13-14,16-17,19-22,28-29,35H,8,10-12,15,18H2,1-6H3,(H,34,38);5-6,13-14,16-17,26H,7-12H2,1-4H3,(H,25,29);4-9,15H,3H2,1-2H3/b9-7+;6-5+;/t21-,22+,28-,29-;14-,16-,17-;9-/m001/s1. The van der Waals surface area contributed by atoms with Crippen LogP contribution in [-0.4, -0.2) is 120 Å². The molecule has 88 heavy (non-hydrogen) atoms. The Kier molecular flexibility index (Phi) is 30.6. The first kappa shape index (κ1) is 74.1. The average Bonchev–Trinajstić information content (AvgIpc) is 3.71. The molecule has 4 amide bonds. The maximum absolute atomic E-state index is 13.2. The lowest BCUT2D eigenvalue weighted by molar-refractivity contribution is -0.157. The number of amides is 4. The van der Waals surface area contributed by atoms with Crippen molar-refractivity contribution >= 4 is 103 Å². The monoisotopic (exact) mass is 1280 g/mol. The number of aliphatic hydroxyl groups is 1. The number of rotatable bonds is 24. The molecule has 22 heteroatoms. The summed E-state index contributed by atoms with van der Waals surface area (Å²) in [5, 5.41) is 22.0. The van der Waals surface area contributed by atoms with Gasteiger partial charge in [0.1, 0.15) is 48.4 Å². The Bertz CT molecular complexity index is 3080. The number of aromatic nitrogens is 2. The smallest absolute Gasteiger partial charge is 0.325 e. The molecule has 0 spiro atoms. The van der Waals surface area contributed by atoms with Crippen molar-refractivity contribution in [3.05, 3.63) is 108 Å². The molecule has 2 aromatic heterocycles. The molecule has 8 atom stereocenters. The number of pyridine rings is 2. The molecular weight excluding hydrogens is 1190 g/mol. The van der Waals surface area contributed by atoms with Crippen LogP contribution in [0.3, 0.4) is 0 Å². The van der Waals surface area contributed by atoms with E-state index >= 15 is 0 Å². The van der Waals surface area contributed by atoms with Gasteiger partial charge in [-0.05, 0) is 138 Å². The second-order valence-corrected chi connectivity index (χ2v) is 25.6. The summed E-state index contributed by atoms with van der Waals surface area (Å²) in [6.07, 6.45) is 14.7. The van der Waals surface area contributed by atoms with Crippen LogP contribution < -0.4 is 21.5 Å². The number of benzene rings is 2. The molecule has 0 unspecified atom stereocenters. The molecule has 6 rings (SSSR count). The summed E-state index contributed by atoms with van der Waals surface area (Å²) >= 11 is 16.8. The lowest BCUT2D eigenvalue weighted by Crippen LogP contribution is -2.59. The largest absolute Gasteiger partial charge is 0.460 e. The molecule has 482 valence electrons. The van der Waals surface area contributed by atoms with Gasteiger partial charge < -0.3 is 25.2 Å². The maximum Gasteiger partial charge on any atom is 0.325 e. The molecule has 4 heterocycles. The van der Waals surface area contributed by atoms with E-state index in [0.29, 0.717) is 38.8 Å².